The third-order valence-electron chi connectivity index (χ3n) is 3.69. The van der Waals surface area contributed by atoms with E-state index in [0.29, 0.717) is 6.61 Å². The SMILES string of the molecule is CNCc1c(OCc2ccccc2Cl)ccc2ccccc12. The largest absolute Gasteiger partial charge is 0.488 e. The highest BCUT2D eigenvalue weighted by Crippen LogP contribution is 2.29. The van der Waals surface area contributed by atoms with Gasteiger partial charge in [-0.3, -0.25) is 0 Å². The van der Waals surface area contributed by atoms with Crippen molar-refractivity contribution >= 4 is 22.4 Å². The minimum Gasteiger partial charge on any atom is -0.488 e. The number of hydrogen-bond acceptors (Lipinski definition) is 2. The number of ether oxygens (including phenoxy) is 1. The van der Waals surface area contributed by atoms with E-state index in [1.165, 1.54) is 16.3 Å². The van der Waals surface area contributed by atoms with Crippen LogP contribution in [0.1, 0.15) is 11.1 Å². The molecule has 0 saturated carbocycles. The van der Waals surface area contributed by atoms with Crippen LogP contribution in [-0.2, 0) is 13.2 Å². The van der Waals surface area contributed by atoms with Gasteiger partial charge in [0, 0.05) is 22.7 Å². The Labute approximate surface area is 135 Å². The van der Waals surface area contributed by atoms with Gasteiger partial charge in [-0.25, -0.2) is 0 Å². The highest BCUT2D eigenvalue weighted by Gasteiger charge is 2.09. The van der Waals surface area contributed by atoms with Gasteiger partial charge in [0.25, 0.3) is 0 Å². The van der Waals surface area contributed by atoms with Gasteiger partial charge < -0.3 is 10.1 Å². The van der Waals surface area contributed by atoms with Crippen LogP contribution in [0, 0.1) is 0 Å². The number of halogens is 1. The van der Waals surface area contributed by atoms with Crippen molar-refractivity contribution < 1.29 is 4.74 Å². The lowest BCUT2D eigenvalue weighted by atomic mass is 10.0. The maximum absolute atomic E-state index is 6.19. The van der Waals surface area contributed by atoms with Gasteiger partial charge in [0.15, 0.2) is 0 Å². The van der Waals surface area contributed by atoms with E-state index in [4.69, 9.17) is 16.3 Å². The fraction of sp³-hybridized carbons (Fsp3) is 0.158. The smallest absolute Gasteiger partial charge is 0.124 e. The van der Waals surface area contributed by atoms with Crippen molar-refractivity contribution in [3.8, 4) is 5.75 Å². The molecule has 0 saturated heterocycles. The predicted molar refractivity (Wildman–Crippen MR) is 92.5 cm³/mol. The van der Waals surface area contributed by atoms with Crippen molar-refractivity contribution in [1.82, 2.24) is 5.32 Å². The van der Waals surface area contributed by atoms with Gasteiger partial charge in [0.2, 0.25) is 0 Å². The van der Waals surface area contributed by atoms with E-state index in [2.05, 4.69) is 35.6 Å². The summed E-state index contributed by atoms with van der Waals surface area (Å²) in [5.41, 5.74) is 2.17. The lowest BCUT2D eigenvalue weighted by molar-refractivity contribution is 0.303. The van der Waals surface area contributed by atoms with Crippen LogP contribution >= 0.6 is 11.6 Å². The number of rotatable bonds is 5. The van der Waals surface area contributed by atoms with Crippen LogP contribution in [-0.4, -0.2) is 7.05 Å². The quantitative estimate of drug-likeness (QED) is 0.731. The van der Waals surface area contributed by atoms with Crippen LogP contribution in [0.4, 0.5) is 0 Å². The molecule has 0 bridgehead atoms. The Hall–Kier alpha value is -2.03. The highest BCUT2D eigenvalue weighted by atomic mass is 35.5. The predicted octanol–water partition coefficient (Wildman–Crippen LogP) is 4.79. The normalized spacial score (nSPS) is 10.8. The molecule has 0 atom stereocenters. The van der Waals surface area contributed by atoms with Crippen LogP contribution in [0.3, 0.4) is 0 Å². The summed E-state index contributed by atoms with van der Waals surface area (Å²) in [5.74, 6) is 0.896. The van der Waals surface area contributed by atoms with Gasteiger partial charge in [-0.1, -0.05) is 60.1 Å². The highest BCUT2D eigenvalue weighted by molar-refractivity contribution is 6.31. The standard InChI is InChI=1S/C19H18ClNO/c1-21-12-17-16-8-4-2-6-14(16)10-11-19(17)22-13-15-7-3-5-9-18(15)20/h2-11,21H,12-13H2,1H3. The topological polar surface area (TPSA) is 21.3 Å². The Kier molecular flexibility index (Phi) is 4.62. The van der Waals surface area contributed by atoms with Gasteiger partial charge >= 0.3 is 0 Å². The van der Waals surface area contributed by atoms with Crippen molar-refractivity contribution in [3.63, 3.8) is 0 Å². The van der Waals surface area contributed by atoms with Gasteiger partial charge in [-0.05, 0) is 30.0 Å². The van der Waals surface area contributed by atoms with E-state index < -0.39 is 0 Å². The van der Waals surface area contributed by atoms with Crippen LogP contribution in [0.2, 0.25) is 5.02 Å². The molecule has 0 amide bonds. The molecule has 0 spiro atoms. The summed E-state index contributed by atoms with van der Waals surface area (Å²) in [7, 11) is 1.94. The molecule has 112 valence electrons. The Balaban J connectivity index is 1.93. The van der Waals surface area contributed by atoms with Gasteiger partial charge in [0.05, 0.1) is 0 Å². The molecule has 3 aromatic rings. The molecule has 0 aliphatic carbocycles. The fourth-order valence-electron chi connectivity index (χ4n) is 2.58. The molecule has 22 heavy (non-hydrogen) atoms. The van der Waals surface area contributed by atoms with Crippen molar-refractivity contribution in [1.29, 1.82) is 0 Å². The van der Waals surface area contributed by atoms with E-state index in [-0.39, 0.29) is 0 Å². The van der Waals surface area contributed by atoms with Crippen molar-refractivity contribution in [2.45, 2.75) is 13.2 Å². The third-order valence-corrected chi connectivity index (χ3v) is 4.06. The Morgan fingerprint density at radius 3 is 2.55 bits per heavy atom. The average Bonchev–Trinajstić information content (AvgIpc) is 2.55. The molecular weight excluding hydrogens is 294 g/mol. The number of fused-ring (bicyclic) bond motifs is 1. The molecule has 2 nitrogen and oxygen atoms in total. The Morgan fingerprint density at radius 2 is 1.73 bits per heavy atom. The lowest BCUT2D eigenvalue weighted by Gasteiger charge is -2.14. The molecule has 0 aromatic heterocycles. The second-order valence-electron chi connectivity index (χ2n) is 5.17. The second-order valence-corrected chi connectivity index (χ2v) is 5.58. The zero-order chi connectivity index (χ0) is 15.4. The van der Waals surface area contributed by atoms with Crippen LogP contribution in [0.5, 0.6) is 5.75 Å². The molecule has 0 aliphatic heterocycles. The summed E-state index contributed by atoms with van der Waals surface area (Å²) in [6.07, 6.45) is 0. The zero-order valence-electron chi connectivity index (χ0n) is 12.5. The molecular formula is C19H18ClNO. The molecule has 0 aliphatic rings. The molecule has 0 radical (unpaired) electrons. The number of hydrogen-bond donors (Lipinski definition) is 1. The second kappa shape index (κ2) is 6.82. The summed E-state index contributed by atoms with van der Waals surface area (Å²) < 4.78 is 6.04. The molecule has 3 aromatic carbocycles. The first-order valence-electron chi connectivity index (χ1n) is 7.31. The summed E-state index contributed by atoms with van der Waals surface area (Å²) >= 11 is 6.19. The molecule has 0 fully saturated rings. The first-order chi connectivity index (χ1) is 10.8. The summed E-state index contributed by atoms with van der Waals surface area (Å²) in [6.45, 7) is 1.23. The molecule has 3 heteroatoms. The third kappa shape index (κ3) is 3.08. The maximum Gasteiger partial charge on any atom is 0.124 e. The first-order valence-corrected chi connectivity index (χ1v) is 7.69. The van der Waals surface area contributed by atoms with Crippen LogP contribution in [0.25, 0.3) is 10.8 Å². The Morgan fingerprint density at radius 1 is 0.955 bits per heavy atom. The molecule has 3 rings (SSSR count). The fourth-order valence-corrected chi connectivity index (χ4v) is 2.77. The van der Waals surface area contributed by atoms with Crippen LogP contribution in [0.15, 0.2) is 60.7 Å². The lowest BCUT2D eigenvalue weighted by Crippen LogP contribution is -2.08. The van der Waals surface area contributed by atoms with Gasteiger partial charge in [-0.2, -0.15) is 0 Å². The minimum atomic E-state index is 0.467. The first kappa shape index (κ1) is 14.9. The molecule has 0 heterocycles. The minimum absolute atomic E-state index is 0.467. The van der Waals surface area contributed by atoms with E-state index in [9.17, 15) is 0 Å². The molecule has 0 unspecified atom stereocenters. The van der Waals surface area contributed by atoms with E-state index in [1.54, 1.807) is 0 Å². The Bertz CT molecular complexity index is 785. The average molecular weight is 312 g/mol. The monoisotopic (exact) mass is 311 g/mol. The number of nitrogens with one attached hydrogen (secondary N) is 1. The van der Waals surface area contributed by atoms with Crippen LogP contribution < -0.4 is 10.1 Å². The summed E-state index contributed by atoms with van der Waals surface area (Å²) in [6, 6.07) is 20.2. The van der Waals surface area contributed by atoms with Gasteiger partial charge in [0.1, 0.15) is 12.4 Å². The van der Waals surface area contributed by atoms with Crippen molar-refractivity contribution in [3.05, 3.63) is 76.8 Å². The maximum atomic E-state index is 6.19. The number of benzene rings is 3. The molecule has 1 N–H and O–H groups in total. The van der Waals surface area contributed by atoms with Gasteiger partial charge in [-0.15, -0.1) is 0 Å². The van der Waals surface area contributed by atoms with E-state index in [0.717, 1.165) is 22.9 Å². The summed E-state index contributed by atoms with van der Waals surface area (Å²) in [5, 5.41) is 6.39. The van der Waals surface area contributed by atoms with E-state index >= 15 is 0 Å². The summed E-state index contributed by atoms with van der Waals surface area (Å²) in [4.78, 5) is 0. The van der Waals surface area contributed by atoms with Crippen molar-refractivity contribution in [2.24, 2.45) is 0 Å². The zero-order valence-corrected chi connectivity index (χ0v) is 13.2. The van der Waals surface area contributed by atoms with Crippen molar-refractivity contribution in [2.75, 3.05) is 7.05 Å². The van der Waals surface area contributed by atoms with E-state index in [1.807, 2.05) is 37.4 Å².